The summed E-state index contributed by atoms with van der Waals surface area (Å²) >= 11 is 0. The maximum absolute atomic E-state index is 12.8. The Morgan fingerprint density at radius 2 is 2.11 bits per heavy atom. The van der Waals surface area contributed by atoms with Crippen molar-refractivity contribution in [2.45, 2.75) is 64.1 Å². The average Bonchev–Trinajstić information content (AvgIpc) is 2.37. The second-order valence-corrected chi connectivity index (χ2v) is 5.43. The van der Waals surface area contributed by atoms with Crippen LogP contribution in [0.3, 0.4) is 0 Å². The minimum absolute atomic E-state index is 0.137. The number of hydrogen-bond acceptors (Lipinski definition) is 1. The van der Waals surface area contributed by atoms with Gasteiger partial charge in [-0.3, -0.25) is 0 Å². The molecule has 0 spiro atoms. The Hall–Kier alpha value is -0.690. The largest absolute Gasteiger partial charge is 0.391 e. The fourth-order valence-corrected chi connectivity index (χ4v) is 3.08. The molecule has 1 fully saturated rings. The predicted octanol–water partition coefficient (Wildman–Crippen LogP) is 4.14. The summed E-state index contributed by atoms with van der Waals surface area (Å²) in [7, 11) is 0. The third kappa shape index (κ3) is 5.44. The molecule has 0 aromatic heterocycles. The molecule has 19 heavy (non-hydrogen) atoms. The number of alkyl halides is 3. The summed E-state index contributed by atoms with van der Waals surface area (Å²) in [5.41, 5.74) is 0. The molecular weight excluding hydrogens is 251 g/mol. The minimum Gasteiger partial charge on any atom is -0.314 e. The summed E-state index contributed by atoms with van der Waals surface area (Å²) in [6.45, 7) is 2.80. The maximum atomic E-state index is 12.8. The van der Waals surface area contributed by atoms with Crippen LogP contribution in [-0.2, 0) is 0 Å². The van der Waals surface area contributed by atoms with Crippen molar-refractivity contribution in [3.63, 3.8) is 0 Å². The Kier molecular flexibility index (Phi) is 6.71. The van der Waals surface area contributed by atoms with Gasteiger partial charge >= 0.3 is 6.18 Å². The van der Waals surface area contributed by atoms with E-state index in [1.54, 1.807) is 0 Å². The molecule has 0 bridgehead atoms. The molecule has 0 aliphatic heterocycles. The van der Waals surface area contributed by atoms with E-state index in [0.29, 0.717) is 19.3 Å². The molecule has 4 heteroatoms. The number of hydrogen-bond donors (Lipinski definition) is 1. The summed E-state index contributed by atoms with van der Waals surface area (Å²) in [5.74, 6) is 1.62. The van der Waals surface area contributed by atoms with Crippen molar-refractivity contribution in [2.24, 2.45) is 11.8 Å². The monoisotopic (exact) mass is 275 g/mol. The Labute approximate surface area is 114 Å². The highest BCUT2D eigenvalue weighted by Crippen LogP contribution is 2.41. The summed E-state index contributed by atoms with van der Waals surface area (Å²) in [5, 5.41) is 3.35. The first-order chi connectivity index (χ1) is 8.99. The fraction of sp³-hybridized carbons (Fsp3) is 0.867. The van der Waals surface area contributed by atoms with Gasteiger partial charge in [0.1, 0.15) is 0 Å². The smallest absolute Gasteiger partial charge is 0.314 e. The Bertz CT molecular complexity index is 293. The fourth-order valence-electron chi connectivity index (χ4n) is 3.08. The average molecular weight is 275 g/mol. The Morgan fingerprint density at radius 3 is 2.68 bits per heavy atom. The molecule has 3 unspecified atom stereocenters. The number of nitrogens with one attached hydrogen (secondary N) is 1. The molecule has 0 radical (unpaired) electrons. The second-order valence-electron chi connectivity index (χ2n) is 5.43. The molecule has 1 N–H and O–H groups in total. The minimum atomic E-state index is -4.03. The van der Waals surface area contributed by atoms with Crippen LogP contribution in [0, 0.1) is 24.2 Å². The van der Waals surface area contributed by atoms with E-state index in [1.807, 2.05) is 6.92 Å². The SMILES string of the molecule is C#CCCCC(NCC)C1CCCC(C(F)(F)F)C1. The van der Waals surface area contributed by atoms with Gasteiger partial charge in [-0.15, -0.1) is 12.3 Å². The maximum Gasteiger partial charge on any atom is 0.391 e. The number of terminal acetylenes is 1. The van der Waals surface area contributed by atoms with E-state index in [4.69, 9.17) is 6.42 Å². The summed E-state index contributed by atoms with van der Waals surface area (Å²) in [6, 6.07) is 0.184. The molecule has 0 amide bonds. The third-order valence-corrected chi connectivity index (χ3v) is 4.05. The zero-order valence-electron chi connectivity index (χ0n) is 11.6. The normalized spacial score (nSPS) is 25.8. The standard InChI is InChI=1S/C15H24F3N/c1-3-5-6-10-14(19-4-2)12-8-7-9-13(11-12)15(16,17)18/h1,12-14,19H,4-11H2,2H3. The van der Waals surface area contributed by atoms with Gasteiger partial charge in [0, 0.05) is 12.5 Å². The lowest BCUT2D eigenvalue weighted by Gasteiger charge is -2.35. The van der Waals surface area contributed by atoms with E-state index in [-0.39, 0.29) is 18.4 Å². The van der Waals surface area contributed by atoms with Gasteiger partial charge < -0.3 is 5.32 Å². The molecule has 1 nitrogen and oxygen atoms in total. The van der Waals surface area contributed by atoms with Crippen LogP contribution in [-0.4, -0.2) is 18.8 Å². The molecule has 0 heterocycles. The van der Waals surface area contributed by atoms with Crippen LogP contribution in [0.5, 0.6) is 0 Å². The van der Waals surface area contributed by atoms with Gasteiger partial charge in [-0.05, 0) is 44.6 Å². The van der Waals surface area contributed by atoms with E-state index in [0.717, 1.165) is 25.8 Å². The van der Waals surface area contributed by atoms with Gasteiger partial charge in [0.2, 0.25) is 0 Å². The van der Waals surface area contributed by atoms with Crippen molar-refractivity contribution in [1.82, 2.24) is 5.32 Å². The molecule has 0 aromatic carbocycles. The number of unbranched alkanes of at least 4 members (excludes halogenated alkanes) is 1. The van der Waals surface area contributed by atoms with Crippen LogP contribution in [0.4, 0.5) is 13.2 Å². The molecule has 1 aliphatic carbocycles. The highest BCUT2D eigenvalue weighted by Gasteiger charge is 2.43. The Balaban J connectivity index is 2.55. The first kappa shape index (κ1) is 16.4. The highest BCUT2D eigenvalue weighted by molar-refractivity contribution is 4.87. The van der Waals surface area contributed by atoms with Crippen LogP contribution in [0.15, 0.2) is 0 Å². The van der Waals surface area contributed by atoms with Crippen molar-refractivity contribution in [2.75, 3.05) is 6.54 Å². The van der Waals surface area contributed by atoms with Gasteiger partial charge in [-0.25, -0.2) is 0 Å². The van der Waals surface area contributed by atoms with Crippen LogP contribution >= 0.6 is 0 Å². The second kappa shape index (κ2) is 7.79. The van der Waals surface area contributed by atoms with Crippen LogP contribution < -0.4 is 5.32 Å². The molecule has 0 saturated heterocycles. The molecule has 1 saturated carbocycles. The molecule has 1 rings (SSSR count). The Morgan fingerprint density at radius 1 is 1.37 bits per heavy atom. The third-order valence-electron chi connectivity index (χ3n) is 4.05. The lowest BCUT2D eigenvalue weighted by atomic mass is 9.76. The summed E-state index contributed by atoms with van der Waals surface area (Å²) in [4.78, 5) is 0. The zero-order valence-corrected chi connectivity index (χ0v) is 11.6. The van der Waals surface area contributed by atoms with Gasteiger partial charge in [0.05, 0.1) is 5.92 Å². The van der Waals surface area contributed by atoms with Crippen molar-refractivity contribution < 1.29 is 13.2 Å². The van der Waals surface area contributed by atoms with Gasteiger partial charge in [-0.2, -0.15) is 13.2 Å². The lowest BCUT2D eigenvalue weighted by Crippen LogP contribution is -2.40. The van der Waals surface area contributed by atoms with Gasteiger partial charge in [-0.1, -0.05) is 13.3 Å². The quantitative estimate of drug-likeness (QED) is 0.567. The molecule has 0 aromatic rings. The molecule has 3 atom stereocenters. The van der Waals surface area contributed by atoms with E-state index in [9.17, 15) is 13.2 Å². The van der Waals surface area contributed by atoms with Crippen molar-refractivity contribution >= 4 is 0 Å². The highest BCUT2D eigenvalue weighted by atomic mass is 19.4. The van der Waals surface area contributed by atoms with Gasteiger partial charge in [0.15, 0.2) is 0 Å². The first-order valence-electron chi connectivity index (χ1n) is 7.22. The van der Waals surface area contributed by atoms with Crippen molar-refractivity contribution in [1.29, 1.82) is 0 Å². The number of rotatable bonds is 6. The van der Waals surface area contributed by atoms with Crippen LogP contribution in [0.2, 0.25) is 0 Å². The molecular formula is C15H24F3N. The van der Waals surface area contributed by atoms with E-state index in [1.165, 1.54) is 0 Å². The lowest BCUT2D eigenvalue weighted by molar-refractivity contribution is -0.186. The van der Waals surface area contributed by atoms with Crippen molar-refractivity contribution in [3.8, 4) is 12.3 Å². The van der Waals surface area contributed by atoms with E-state index < -0.39 is 12.1 Å². The predicted molar refractivity (Wildman–Crippen MR) is 71.7 cm³/mol. The zero-order chi connectivity index (χ0) is 14.3. The number of halogens is 3. The van der Waals surface area contributed by atoms with E-state index >= 15 is 0 Å². The van der Waals surface area contributed by atoms with E-state index in [2.05, 4.69) is 11.2 Å². The first-order valence-corrected chi connectivity index (χ1v) is 7.22. The van der Waals surface area contributed by atoms with Crippen LogP contribution in [0.1, 0.15) is 51.9 Å². The summed E-state index contributed by atoms with van der Waals surface area (Å²) < 4.78 is 38.5. The molecule has 110 valence electrons. The van der Waals surface area contributed by atoms with Gasteiger partial charge in [0.25, 0.3) is 0 Å². The molecule has 1 aliphatic rings. The topological polar surface area (TPSA) is 12.0 Å². The van der Waals surface area contributed by atoms with Crippen molar-refractivity contribution in [3.05, 3.63) is 0 Å². The van der Waals surface area contributed by atoms with Crippen LogP contribution in [0.25, 0.3) is 0 Å². The summed E-state index contributed by atoms with van der Waals surface area (Å²) in [6.07, 6.45) is 5.83.